The normalized spacial score (nSPS) is 11.5. The predicted octanol–water partition coefficient (Wildman–Crippen LogP) is 2.53. The molecule has 2 heterocycles. The van der Waals surface area contributed by atoms with E-state index in [-0.39, 0.29) is 17.8 Å². The zero-order valence-corrected chi connectivity index (χ0v) is 15.5. The lowest BCUT2D eigenvalue weighted by Crippen LogP contribution is -2.19. The Morgan fingerprint density at radius 3 is 2.59 bits per heavy atom. The summed E-state index contributed by atoms with van der Waals surface area (Å²) in [7, 11) is 0. The molecule has 3 rings (SSSR count). The van der Waals surface area contributed by atoms with Gasteiger partial charge in [0.25, 0.3) is 0 Å². The summed E-state index contributed by atoms with van der Waals surface area (Å²) in [6.07, 6.45) is -3.25. The van der Waals surface area contributed by atoms with Crippen molar-refractivity contribution in [1.82, 2.24) is 24.8 Å². The topological polar surface area (TPSA) is 91.9 Å². The van der Waals surface area contributed by atoms with Gasteiger partial charge in [-0.05, 0) is 48.5 Å². The maximum atomic E-state index is 13.0. The number of esters is 1. The minimum absolute atomic E-state index is 0.246. The lowest BCUT2D eigenvalue weighted by Gasteiger charge is -2.13. The fourth-order valence-electron chi connectivity index (χ4n) is 2.92. The molecule has 2 aromatic heterocycles. The highest BCUT2D eigenvalue weighted by molar-refractivity contribution is 5.99. The second-order valence-corrected chi connectivity index (χ2v) is 6.26. The summed E-state index contributed by atoms with van der Waals surface area (Å²) in [4.78, 5) is 24.2. The number of tetrazole rings is 1. The molecule has 29 heavy (non-hydrogen) atoms. The first-order valence-corrected chi connectivity index (χ1v) is 8.43. The Balaban J connectivity index is 1.77. The number of benzene rings is 1. The number of nitrogens with zero attached hydrogens (tertiary/aromatic N) is 5. The summed E-state index contributed by atoms with van der Waals surface area (Å²) in [5, 5.41) is 10.3. The van der Waals surface area contributed by atoms with E-state index in [2.05, 4.69) is 15.5 Å². The molecule has 3 aromatic rings. The smallest absolute Gasteiger partial charge is 0.416 e. The maximum Gasteiger partial charge on any atom is 0.416 e. The van der Waals surface area contributed by atoms with Crippen LogP contribution < -0.4 is 0 Å². The molecule has 0 aliphatic carbocycles. The molecule has 1 aromatic carbocycles. The number of alkyl halides is 3. The number of ketones is 1. The van der Waals surface area contributed by atoms with Crippen molar-refractivity contribution in [3.05, 3.63) is 59.2 Å². The molecular weight excluding hydrogens is 391 g/mol. The molecule has 0 saturated carbocycles. The van der Waals surface area contributed by atoms with Crippen LogP contribution in [0.1, 0.15) is 27.3 Å². The first-order valence-electron chi connectivity index (χ1n) is 8.43. The van der Waals surface area contributed by atoms with E-state index in [1.54, 1.807) is 24.5 Å². The van der Waals surface area contributed by atoms with E-state index in [1.165, 1.54) is 18.5 Å². The third kappa shape index (κ3) is 4.50. The van der Waals surface area contributed by atoms with Crippen LogP contribution in [0.3, 0.4) is 0 Å². The van der Waals surface area contributed by atoms with Gasteiger partial charge in [-0.2, -0.15) is 13.2 Å². The molecule has 0 aliphatic rings. The van der Waals surface area contributed by atoms with Gasteiger partial charge < -0.3 is 9.30 Å². The third-order valence-electron chi connectivity index (χ3n) is 4.21. The van der Waals surface area contributed by atoms with Gasteiger partial charge in [-0.1, -0.05) is 6.07 Å². The largest absolute Gasteiger partial charge is 0.456 e. The second-order valence-electron chi connectivity index (χ2n) is 6.26. The van der Waals surface area contributed by atoms with E-state index in [9.17, 15) is 22.8 Å². The Hall–Kier alpha value is -3.50. The Bertz CT molecular complexity index is 1040. The van der Waals surface area contributed by atoms with E-state index >= 15 is 0 Å². The zero-order valence-electron chi connectivity index (χ0n) is 15.5. The fourth-order valence-corrected chi connectivity index (χ4v) is 2.92. The monoisotopic (exact) mass is 407 g/mol. The van der Waals surface area contributed by atoms with Crippen molar-refractivity contribution < 1.29 is 27.5 Å². The molecule has 0 spiro atoms. The molecule has 152 valence electrons. The number of carbonyl (C=O) groups excluding carboxylic acids is 2. The summed E-state index contributed by atoms with van der Waals surface area (Å²) in [5.41, 5.74) is 0.778. The lowest BCUT2D eigenvalue weighted by atomic mass is 10.1. The molecule has 0 atom stereocenters. The van der Waals surface area contributed by atoms with E-state index in [0.717, 1.165) is 16.8 Å². The van der Waals surface area contributed by atoms with Crippen LogP contribution in [0.2, 0.25) is 0 Å². The molecule has 0 fully saturated rings. The van der Waals surface area contributed by atoms with Gasteiger partial charge in [-0.25, -0.2) is 4.68 Å². The van der Waals surface area contributed by atoms with Gasteiger partial charge in [-0.15, -0.1) is 5.10 Å². The van der Waals surface area contributed by atoms with Gasteiger partial charge >= 0.3 is 12.1 Å². The second kappa shape index (κ2) is 7.86. The van der Waals surface area contributed by atoms with Crippen molar-refractivity contribution in [2.75, 3.05) is 6.61 Å². The van der Waals surface area contributed by atoms with Gasteiger partial charge in [-0.3, -0.25) is 9.59 Å². The molecule has 0 aliphatic heterocycles. The van der Waals surface area contributed by atoms with Crippen LogP contribution in [0.4, 0.5) is 13.2 Å². The third-order valence-corrected chi connectivity index (χ3v) is 4.21. The van der Waals surface area contributed by atoms with Crippen molar-refractivity contribution >= 4 is 11.8 Å². The summed E-state index contributed by atoms with van der Waals surface area (Å²) >= 11 is 0. The molecule has 0 saturated heterocycles. The number of aryl methyl sites for hydroxylation is 1. The number of rotatable bonds is 6. The Labute approximate surface area is 162 Å². The minimum Gasteiger partial charge on any atom is -0.456 e. The Morgan fingerprint density at radius 2 is 1.93 bits per heavy atom. The maximum absolute atomic E-state index is 13.0. The summed E-state index contributed by atoms with van der Waals surface area (Å²) in [5.74, 6) is -1.17. The average molecular weight is 407 g/mol. The van der Waals surface area contributed by atoms with Gasteiger partial charge in [0.15, 0.2) is 6.61 Å². The van der Waals surface area contributed by atoms with Gasteiger partial charge in [0.1, 0.15) is 12.9 Å². The van der Waals surface area contributed by atoms with E-state index in [0.29, 0.717) is 11.4 Å². The number of Topliss-reactive ketones (excluding diaryl/α,β-unsaturated/α-hetero) is 1. The highest BCUT2D eigenvalue weighted by atomic mass is 19.4. The average Bonchev–Trinajstić information content (AvgIpc) is 3.26. The number of ether oxygens (including phenoxy) is 1. The van der Waals surface area contributed by atoms with Crippen molar-refractivity contribution in [2.45, 2.75) is 26.6 Å². The SMILES string of the molecule is Cc1cc(C(=O)COC(=O)Cn2cnnn2)c(C)n1-c1cccc(C(F)(F)F)c1. The molecular formula is C18H16F3N5O3. The van der Waals surface area contributed by atoms with Crippen molar-refractivity contribution in [3.8, 4) is 5.69 Å². The first-order chi connectivity index (χ1) is 13.7. The molecule has 0 amide bonds. The molecule has 8 nitrogen and oxygen atoms in total. The summed E-state index contributed by atoms with van der Waals surface area (Å²) in [6.45, 7) is 2.54. The van der Waals surface area contributed by atoms with E-state index in [1.807, 2.05) is 0 Å². The fraction of sp³-hybridized carbons (Fsp3) is 0.278. The number of aromatic nitrogens is 5. The quantitative estimate of drug-likeness (QED) is 0.461. The first kappa shape index (κ1) is 20.2. The van der Waals surface area contributed by atoms with Crippen LogP contribution in [-0.2, 0) is 22.3 Å². The van der Waals surface area contributed by atoms with E-state index in [4.69, 9.17) is 4.74 Å². The minimum atomic E-state index is -4.47. The predicted molar refractivity (Wildman–Crippen MR) is 93.4 cm³/mol. The molecule has 0 bridgehead atoms. The summed E-state index contributed by atoms with van der Waals surface area (Å²) in [6, 6.07) is 6.37. The van der Waals surface area contributed by atoms with Crippen LogP contribution in [0.15, 0.2) is 36.7 Å². The van der Waals surface area contributed by atoms with Gasteiger partial charge in [0.05, 0.1) is 5.56 Å². The van der Waals surface area contributed by atoms with E-state index < -0.39 is 30.1 Å². The van der Waals surface area contributed by atoms with Crippen LogP contribution in [0, 0.1) is 13.8 Å². The molecule has 0 N–H and O–H groups in total. The zero-order chi connectivity index (χ0) is 21.2. The highest BCUT2D eigenvalue weighted by Crippen LogP contribution is 2.31. The molecule has 0 unspecified atom stereocenters. The Kier molecular flexibility index (Phi) is 5.48. The molecule has 0 radical (unpaired) electrons. The van der Waals surface area contributed by atoms with Crippen LogP contribution in [0.5, 0.6) is 0 Å². The molecule has 11 heteroatoms. The van der Waals surface area contributed by atoms with Gasteiger partial charge in [0.2, 0.25) is 5.78 Å². The number of carbonyl (C=O) groups is 2. The van der Waals surface area contributed by atoms with Crippen molar-refractivity contribution in [3.63, 3.8) is 0 Å². The highest BCUT2D eigenvalue weighted by Gasteiger charge is 2.31. The number of hydrogen-bond acceptors (Lipinski definition) is 6. The Morgan fingerprint density at radius 1 is 1.17 bits per heavy atom. The number of halogens is 3. The van der Waals surface area contributed by atoms with Crippen molar-refractivity contribution in [1.29, 1.82) is 0 Å². The number of hydrogen-bond donors (Lipinski definition) is 0. The lowest BCUT2D eigenvalue weighted by molar-refractivity contribution is -0.143. The van der Waals surface area contributed by atoms with Crippen molar-refractivity contribution in [2.24, 2.45) is 0 Å². The van der Waals surface area contributed by atoms with Crippen LogP contribution in [0.25, 0.3) is 5.69 Å². The van der Waals surface area contributed by atoms with Crippen LogP contribution in [-0.4, -0.2) is 43.1 Å². The summed E-state index contributed by atoms with van der Waals surface area (Å²) < 4.78 is 46.6. The van der Waals surface area contributed by atoms with Crippen LogP contribution >= 0.6 is 0 Å². The van der Waals surface area contributed by atoms with Gasteiger partial charge in [0, 0.05) is 22.6 Å². The standard InChI is InChI=1S/C18H16F3N5O3/c1-11-6-15(16(27)9-29-17(28)8-25-10-22-23-24-25)12(2)26(11)14-5-3-4-13(7-14)18(19,20)21/h3-7,10H,8-9H2,1-2H3.